The van der Waals surface area contributed by atoms with Crippen molar-refractivity contribution >= 4 is 17.4 Å². The summed E-state index contributed by atoms with van der Waals surface area (Å²) in [6, 6.07) is 9.94. The average molecular weight is 337 g/mol. The summed E-state index contributed by atoms with van der Waals surface area (Å²) in [6.45, 7) is 6.43. The number of anilines is 2. The number of carbonyl (C=O) groups is 1. The Balaban J connectivity index is 1.61. The highest BCUT2D eigenvalue weighted by Crippen LogP contribution is 2.29. The zero-order valence-corrected chi connectivity index (χ0v) is 14.8. The van der Waals surface area contributed by atoms with Gasteiger partial charge in [-0.1, -0.05) is 18.2 Å². The van der Waals surface area contributed by atoms with Gasteiger partial charge in [-0.15, -0.1) is 0 Å². The molecule has 25 heavy (non-hydrogen) atoms. The van der Waals surface area contributed by atoms with E-state index in [0.717, 1.165) is 44.1 Å². The number of amides is 1. The fourth-order valence-corrected chi connectivity index (χ4v) is 3.55. The summed E-state index contributed by atoms with van der Waals surface area (Å²) in [6.07, 6.45) is 0.900. The van der Waals surface area contributed by atoms with E-state index >= 15 is 0 Å². The number of likely N-dealkylation sites (N-methyl/N-ethyl adjacent to an activating group) is 1. The number of carbonyl (C=O) groups excluding carboxylic acids is 1. The first-order valence-corrected chi connectivity index (χ1v) is 8.81. The highest BCUT2D eigenvalue weighted by Gasteiger charge is 2.27. The topological polar surface area (TPSA) is 52.6 Å². The number of hydrogen-bond donors (Lipinski definition) is 0. The second kappa shape index (κ2) is 6.44. The van der Waals surface area contributed by atoms with Gasteiger partial charge in [0.25, 0.3) is 5.91 Å². The Morgan fingerprint density at radius 3 is 2.60 bits per heavy atom. The van der Waals surface area contributed by atoms with Crippen LogP contribution < -0.4 is 9.80 Å². The Hall–Kier alpha value is -2.47. The quantitative estimate of drug-likeness (QED) is 0.835. The lowest BCUT2D eigenvalue weighted by Gasteiger charge is -2.33. The number of fused-ring (bicyclic) bond motifs is 1. The summed E-state index contributed by atoms with van der Waals surface area (Å²) in [4.78, 5) is 28.4. The molecule has 0 radical (unpaired) electrons. The van der Waals surface area contributed by atoms with Gasteiger partial charge in [-0.05, 0) is 32.0 Å². The second-order valence-corrected chi connectivity index (χ2v) is 6.78. The number of aromatic nitrogens is 2. The molecule has 1 amide bonds. The van der Waals surface area contributed by atoms with Crippen LogP contribution in [0.5, 0.6) is 0 Å². The summed E-state index contributed by atoms with van der Waals surface area (Å²) in [7, 11) is 2.13. The van der Waals surface area contributed by atoms with E-state index in [1.54, 1.807) is 0 Å². The molecule has 4 rings (SSSR count). The van der Waals surface area contributed by atoms with Crippen LogP contribution in [0.4, 0.5) is 11.5 Å². The van der Waals surface area contributed by atoms with Gasteiger partial charge in [0, 0.05) is 44.5 Å². The van der Waals surface area contributed by atoms with Crippen molar-refractivity contribution < 1.29 is 4.79 Å². The average Bonchev–Trinajstić information content (AvgIpc) is 3.05. The molecule has 6 heteroatoms. The third kappa shape index (κ3) is 3.09. The van der Waals surface area contributed by atoms with Crippen molar-refractivity contribution in [2.24, 2.45) is 0 Å². The third-order valence-electron chi connectivity index (χ3n) is 5.00. The molecule has 2 aromatic rings. The Bertz CT molecular complexity index is 798. The summed E-state index contributed by atoms with van der Waals surface area (Å²) in [5, 5.41) is 0. The van der Waals surface area contributed by atoms with Crippen LogP contribution in [0.1, 0.15) is 21.9 Å². The second-order valence-electron chi connectivity index (χ2n) is 6.78. The number of aryl methyl sites for hydroxylation is 1. The van der Waals surface area contributed by atoms with Gasteiger partial charge in [0.2, 0.25) is 0 Å². The zero-order chi connectivity index (χ0) is 17.4. The predicted octanol–water partition coefficient (Wildman–Crippen LogP) is 1.74. The Morgan fingerprint density at radius 1 is 1.04 bits per heavy atom. The minimum Gasteiger partial charge on any atom is -0.354 e. The van der Waals surface area contributed by atoms with E-state index in [4.69, 9.17) is 0 Å². The predicted molar refractivity (Wildman–Crippen MR) is 98.3 cm³/mol. The van der Waals surface area contributed by atoms with Crippen LogP contribution in [0.2, 0.25) is 0 Å². The van der Waals surface area contributed by atoms with Crippen molar-refractivity contribution in [2.45, 2.75) is 13.3 Å². The minimum atomic E-state index is -0.0363. The number of para-hydroxylation sites is 1. The van der Waals surface area contributed by atoms with Gasteiger partial charge in [-0.25, -0.2) is 9.97 Å². The molecular weight excluding hydrogens is 314 g/mol. The Labute approximate surface area is 148 Å². The van der Waals surface area contributed by atoms with Crippen LogP contribution in [0.25, 0.3) is 0 Å². The molecule has 0 unspecified atom stereocenters. The largest absolute Gasteiger partial charge is 0.354 e. The van der Waals surface area contributed by atoms with E-state index in [9.17, 15) is 4.79 Å². The standard InChI is InChI=1S/C19H23N5O/c1-14-20-16(13-18(21-14)23-11-9-22(2)10-12-23)19(25)24-8-7-15-5-3-4-6-17(15)24/h3-6,13H,7-12H2,1-2H3. The van der Waals surface area contributed by atoms with Gasteiger partial charge in [-0.2, -0.15) is 0 Å². The Kier molecular flexibility index (Phi) is 4.13. The molecular formula is C19H23N5O. The van der Waals surface area contributed by atoms with Gasteiger partial charge in [-0.3, -0.25) is 4.79 Å². The molecule has 0 N–H and O–H groups in total. The Morgan fingerprint density at radius 2 is 1.80 bits per heavy atom. The smallest absolute Gasteiger partial charge is 0.277 e. The first-order chi connectivity index (χ1) is 12.1. The minimum absolute atomic E-state index is 0.0363. The van der Waals surface area contributed by atoms with Gasteiger partial charge < -0.3 is 14.7 Å². The maximum atomic E-state index is 13.1. The normalized spacial score (nSPS) is 17.7. The first kappa shape index (κ1) is 16.0. The number of piperazine rings is 1. The monoisotopic (exact) mass is 337 g/mol. The van der Waals surface area contributed by atoms with E-state index < -0.39 is 0 Å². The molecule has 1 fully saturated rings. The van der Waals surface area contributed by atoms with Crippen LogP contribution >= 0.6 is 0 Å². The number of rotatable bonds is 2. The van der Waals surface area contributed by atoms with Crippen molar-refractivity contribution in [3.05, 3.63) is 47.4 Å². The SMILES string of the molecule is Cc1nc(C(=O)N2CCc3ccccc32)cc(N2CCN(C)CC2)n1. The molecule has 0 bridgehead atoms. The highest BCUT2D eigenvalue weighted by molar-refractivity contribution is 6.06. The first-order valence-electron chi connectivity index (χ1n) is 8.81. The highest BCUT2D eigenvalue weighted by atomic mass is 16.2. The molecule has 0 aliphatic carbocycles. The van der Waals surface area contributed by atoms with Crippen LogP contribution in [0.15, 0.2) is 30.3 Å². The molecule has 1 saturated heterocycles. The van der Waals surface area contributed by atoms with Crippen molar-refractivity contribution in [2.75, 3.05) is 49.6 Å². The fraction of sp³-hybridized carbons (Fsp3) is 0.421. The van der Waals surface area contributed by atoms with Crippen LogP contribution in [-0.2, 0) is 6.42 Å². The van der Waals surface area contributed by atoms with Crippen LogP contribution in [-0.4, -0.2) is 60.5 Å². The number of hydrogen-bond acceptors (Lipinski definition) is 5. The summed E-state index contributed by atoms with van der Waals surface area (Å²) < 4.78 is 0. The third-order valence-corrected chi connectivity index (χ3v) is 5.00. The fourth-order valence-electron chi connectivity index (χ4n) is 3.55. The lowest BCUT2D eigenvalue weighted by molar-refractivity contribution is 0.0984. The summed E-state index contributed by atoms with van der Waals surface area (Å²) >= 11 is 0. The molecule has 130 valence electrons. The van der Waals surface area contributed by atoms with Gasteiger partial charge in [0.05, 0.1) is 0 Å². The molecule has 2 aliphatic heterocycles. The number of nitrogens with zero attached hydrogens (tertiary/aromatic N) is 5. The van der Waals surface area contributed by atoms with Gasteiger partial charge in [0.15, 0.2) is 0 Å². The van der Waals surface area contributed by atoms with E-state index in [0.29, 0.717) is 18.1 Å². The van der Waals surface area contributed by atoms with E-state index in [1.165, 1.54) is 5.56 Å². The van der Waals surface area contributed by atoms with Gasteiger partial charge >= 0.3 is 0 Å². The molecule has 1 aromatic heterocycles. The maximum absolute atomic E-state index is 13.1. The van der Waals surface area contributed by atoms with Crippen molar-refractivity contribution in [1.82, 2.24) is 14.9 Å². The molecule has 2 aliphatic rings. The molecule has 0 spiro atoms. The number of benzene rings is 1. The molecule has 0 saturated carbocycles. The van der Waals surface area contributed by atoms with Crippen molar-refractivity contribution in [1.29, 1.82) is 0 Å². The lowest BCUT2D eigenvalue weighted by atomic mass is 10.2. The molecule has 0 atom stereocenters. The van der Waals surface area contributed by atoms with E-state index in [2.05, 4.69) is 32.9 Å². The van der Waals surface area contributed by atoms with E-state index in [-0.39, 0.29) is 5.91 Å². The lowest BCUT2D eigenvalue weighted by Crippen LogP contribution is -2.45. The zero-order valence-electron chi connectivity index (χ0n) is 14.8. The molecule has 1 aromatic carbocycles. The maximum Gasteiger partial charge on any atom is 0.277 e. The van der Waals surface area contributed by atoms with Gasteiger partial charge in [0.1, 0.15) is 17.3 Å². The van der Waals surface area contributed by atoms with Crippen molar-refractivity contribution in [3.63, 3.8) is 0 Å². The van der Waals surface area contributed by atoms with Crippen LogP contribution in [0.3, 0.4) is 0 Å². The molecule has 3 heterocycles. The van der Waals surface area contributed by atoms with E-state index in [1.807, 2.05) is 36.1 Å². The van der Waals surface area contributed by atoms with Crippen LogP contribution in [0, 0.1) is 6.92 Å². The summed E-state index contributed by atoms with van der Waals surface area (Å²) in [5.74, 6) is 1.47. The molecule has 6 nitrogen and oxygen atoms in total. The van der Waals surface area contributed by atoms with Crippen molar-refractivity contribution in [3.8, 4) is 0 Å². The summed E-state index contributed by atoms with van der Waals surface area (Å²) in [5.41, 5.74) is 2.71.